The highest BCUT2D eigenvalue weighted by atomic mass is 19.4. The average Bonchev–Trinajstić information content (AvgIpc) is 3.03. The molecule has 130 valence electrons. The van der Waals surface area contributed by atoms with E-state index < -0.39 is 6.36 Å². The van der Waals surface area contributed by atoms with E-state index >= 15 is 0 Å². The van der Waals surface area contributed by atoms with Crippen molar-refractivity contribution in [2.45, 2.75) is 12.9 Å². The number of para-hydroxylation sites is 2. The molecule has 2 aromatic carbocycles. The third-order valence-corrected chi connectivity index (χ3v) is 3.66. The SMILES string of the molecule is CN(Cc1ccccc1OC(F)(F)F)C(=O)c1cccc2cn[nH]c12. The van der Waals surface area contributed by atoms with Gasteiger partial charge in [-0.2, -0.15) is 5.10 Å². The lowest BCUT2D eigenvalue weighted by Gasteiger charge is -2.20. The molecule has 0 aliphatic heterocycles. The Hall–Kier alpha value is -3.03. The Kier molecular flexibility index (Phi) is 4.35. The van der Waals surface area contributed by atoms with Gasteiger partial charge < -0.3 is 9.64 Å². The molecule has 3 aromatic rings. The van der Waals surface area contributed by atoms with E-state index in [0.29, 0.717) is 11.1 Å². The van der Waals surface area contributed by atoms with Gasteiger partial charge in [0.15, 0.2) is 0 Å². The number of nitrogens with zero attached hydrogens (tertiary/aromatic N) is 2. The summed E-state index contributed by atoms with van der Waals surface area (Å²) in [6.45, 7) is -0.0321. The number of halogens is 3. The molecule has 0 unspecified atom stereocenters. The number of amides is 1. The predicted molar refractivity (Wildman–Crippen MR) is 85.0 cm³/mol. The zero-order valence-corrected chi connectivity index (χ0v) is 13.2. The second-order valence-electron chi connectivity index (χ2n) is 5.46. The Labute approximate surface area is 141 Å². The van der Waals surface area contributed by atoms with Gasteiger partial charge in [0.25, 0.3) is 5.91 Å². The first-order valence-corrected chi connectivity index (χ1v) is 7.36. The maximum absolute atomic E-state index is 12.7. The lowest BCUT2D eigenvalue weighted by molar-refractivity contribution is -0.274. The second kappa shape index (κ2) is 6.46. The van der Waals surface area contributed by atoms with Crippen LogP contribution in [0.5, 0.6) is 5.75 Å². The molecule has 1 amide bonds. The summed E-state index contributed by atoms with van der Waals surface area (Å²) in [7, 11) is 1.52. The lowest BCUT2D eigenvalue weighted by atomic mass is 10.1. The number of carbonyl (C=O) groups is 1. The monoisotopic (exact) mass is 349 g/mol. The lowest BCUT2D eigenvalue weighted by Crippen LogP contribution is -2.27. The fourth-order valence-electron chi connectivity index (χ4n) is 2.54. The molecule has 0 fully saturated rings. The van der Waals surface area contributed by atoms with Crippen molar-refractivity contribution >= 4 is 16.8 Å². The van der Waals surface area contributed by atoms with Crippen LogP contribution in [0.4, 0.5) is 13.2 Å². The van der Waals surface area contributed by atoms with Crippen LogP contribution in [-0.4, -0.2) is 34.4 Å². The summed E-state index contributed by atoms with van der Waals surface area (Å²) in [5.74, 6) is -0.661. The van der Waals surface area contributed by atoms with E-state index in [1.54, 1.807) is 24.4 Å². The largest absolute Gasteiger partial charge is 0.573 e. The fourth-order valence-corrected chi connectivity index (χ4v) is 2.54. The summed E-state index contributed by atoms with van der Waals surface area (Å²) in [5, 5.41) is 7.44. The van der Waals surface area contributed by atoms with Crippen LogP contribution in [-0.2, 0) is 6.54 Å². The van der Waals surface area contributed by atoms with Gasteiger partial charge in [0.2, 0.25) is 0 Å². The van der Waals surface area contributed by atoms with Crippen molar-refractivity contribution in [3.63, 3.8) is 0 Å². The summed E-state index contributed by atoms with van der Waals surface area (Å²) < 4.78 is 41.5. The van der Waals surface area contributed by atoms with Gasteiger partial charge in [-0.15, -0.1) is 13.2 Å². The second-order valence-corrected chi connectivity index (χ2v) is 5.46. The third-order valence-electron chi connectivity index (χ3n) is 3.66. The fraction of sp³-hybridized carbons (Fsp3) is 0.176. The van der Waals surface area contributed by atoms with Gasteiger partial charge in [-0.05, 0) is 12.1 Å². The van der Waals surface area contributed by atoms with E-state index in [0.717, 1.165) is 5.39 Å². The van der Waals surface area contributed by atoms with Crippen LogP contribution in [0.25, 0.3) is 10.9 Å². The minimum absolute atomic E-state index is 0.0321. The molecule has 0 spiro atoms. The number of H-pyrrole nitrogens is 1. The molecule has 3 rings (SSSR count). The van der Waals surface area contributed by atoms with Crippen molar-refractivity contribution < 1.29 is 22.7 Å². The van der Waals surface area contributed by atoms with Gasteiger partial charge in [0.1, 0.15) is 5.75 Å². The van der Waals surface area contributed by atoms with Gasteiger partial charge >= 0.3 is 6.36 Å². The number of rotatable bonds is 4. The van der Waals surface area contributed by atoms with Gasteiger partial charge in [-0.3, -0.25) is 9.89 Å². The molecule has 1 N–H and O–H groups in total. The molecule has 1 heterocycles. The third kappa shape index (κ3) is 3.73. The Bertz CT molecular complexity index is 905. The zero-order chi connectivity index (χ0) is 18.0. The predicted octanol–water partition coefficient (Wildman–Crippen LogP) is 3.73. The Morgan fingerprint density at radius 2 is 1.96 bits per heavy atom. The number of fused-ring (bicyclic) bond motifs is 1. The number of carbonyl (C=O) groups excluding carboxylic acids is 1. The van der Waals surface area contributed by atoms with Gasteiger partial charge in [-0.1, -0.05) is 30.3 Å². The van der Waals surface area contributed by atoms with Crippen LogP contribution < -0.4 is 4.74 Å². The van der Waals surface area contributed by atoms with Crippen molar-refractivity contribution in [1.29, 1.82) is 0 Å². The first-order valence-electron chi connectivity index (χ1n) is 7.36. The molecule has 0 aliphatic carbocycles. The number of benzene rings is 2. The molecule has 0 aliphatic rings. The molecule has 0 bridgehead atoms. The topological polar surface area (TPSA) is 58.2 Å². The highest BCUT2D eigenvalue weighted by Crippen LogP contribution is 2.27. The van der Waals surface area contributed by atoms with Crippen LogP contribution in [0.3, 0.4) is 0 Å². The van der Waals surface area contributed by atoms with Crippen LogP contribution in [0.2, 0.25) is 0 Å². The molecule has 8 heteroatoms. The highest BCUT2D eigenvalue weighted by Gasteiger charge is 2.32. The van der Waals surface area contributed by atoms with Crippen molar-refractivity contribution in [3.8, 4) is 5.75 Å². The van der Waals surface area contributed by atoms with E-state index in [1.807, 2.05) is 6.07 Å². The Balaban J connectivity index is 1.84. The summed E-state index contributed by atoms with van der Waals surface area (Å²) in [4.78, 5) is 14.0. The van der Waals surface area contributed by atoms with Crippen molar-refractivity contribution in [2.75, 3.05) is 7.05 Å². The normalized spacial score (nSPS) is 11.5. The Morgan fingerprint density at radius 1 is 1.20 bits per heavy atom. The van der Waals surface area contributed by atoms with Crippen LogP contribution in [0.1, 0.15) is 15.9 Å². The average molecular weight is 349 g/mol. The molecular weight excluding hydrogens is 335 g/mol. The van der Waals surface area contributed by atoms with Crippen LogP contribution in [0.15, 0.2) is 48.7 Å². The number of nitrogens with one attached hydrogen (secondary N) is 1. The molecule has 0 saturated carbocycles. The minimum Gasteiger partial charge on any atom is -0.405 e. The standard InChI is InChI=1S/C17H14F3N3O2/c1-23(10-12-5-2-3-8-14(12)25-17(18,19)20)16(24)13-7-4-6-11-9-21-22-15(11)13/h2-9H,10H2,1H3,(H,21,22). The zero-order valence-electron chi connectivity index (χ0n) is 13.2. The van der Waals surface area contributed by atoms with Gasteiger partial charge in [0, 0.05) is 24.5 Å². The van der Waals surface area contributed by atoms with E-state index in [-0.39, 0.29) is 23.8 Å². The van der Waals surface area contributed by atoms with Crippen molar-refractivity contribution in [3.05, 3.63) is 59.8 Å². The molecule has 0 radical (unpaired) electrons. The van der Waals surface area contributed by atoms with Crippen molar-refractivity contribution in [1.82, 2.24) is 15.1 Å². The van der Waals surface area contributed by atoms with Crippen molar-refractivity contribution in [2.24, 2.45) is 0 Å². The number of hydrogen-bond donors (Lipinski definition) is 1. The summed E-state index contributed by atoms with van der Waals surface area (Å²) in [5.41, 5.74) is 1.23. The quantitative estimate of drug-likeness (QED) is 0.781. The molecular formula is C17H14F3N3O2. The molecule has 25 heavy (non-hydrogen) atoms. The first-order chi connectivity index (χ1) is 11.8. The Morgan fingerprint density at radius 3 is 2.72 bits per heavy atom. The summed E-state index contributed by atoms with van der Waals surface area (Å²) in [6.07, 6.45) is -3.20. The van der Waals surface area contributed by atoms with E-state index in [4.69, 9.17) is 0 Å². The number of aromatic nitrogens is 2. The molecule has 0 atom stereocenters. The minimum atomic E-state index is -4.79. The number of aromatic amines is 1. The van der Waals surface area contributed by atoms with E-state index in [1.165, 1.54) is 30.1 Å². The molecule has 0 saturated heterocycles. The highest BCUT2D eigenvalue weighted by molar-refractivity contribution is 6.05. The summed E-state index contributed by atoms with van der Waals surface area (Å²) >= 11 is 0. The molecule has 1 aromatic heterocycles. The summed E-state index contributed by atoms with van der Waals surface area (Å²) in [6, 6.07) is 10.9. The number of alkyl halides is 3. The first kappa shape index (κ1) is 16.8. The van der Waals surface area contributed by atoms with E-state index in [2.05, 4.69) is 14.9 Å². The van der Waals surface area contributed by atoms with Gasteiger partial charge in [-0.25, -0.2) is 0 Å². The maximum Gasteiger partial charge on any atom is 0.573 e. The van der Waals surface area contributed by atoms with Crippen LogP contribution >= 0.6 is 0 Å². The number of hydrogen-bond acceptors (Lipinski definition) is 3. The number of ether oxygens (including phenoxy) is 1. The molecule has 5 nitrogen and oxygen atoms in total. The van der Waals surface area contributed by atoms with E-state index in [9.17, 15) is 18.0 Å². The van der Waals surface area contributed by atoms with Gasteiger partial charge in [0.05, 0.1) is 17.3 Å². The smallest absolute Gasteiger partial charge is 0.405 e. The maximum atomic E-state index is 12.7. The van der Waals surface area contributed by atoms with Crippen LogP contribution in [0, 0.1) is 0 Å².